The number of nitrogens with zero attached hydrogens (tertiary/aromatic N) is 3. The van der Waals surface area contributed by atoms with Crippen LogP contribution in [0.1, 0.15) is 6.92 Å². The average molecular weight is 320 g/mol. The summed E-state index contributed by atoms with van der Waals surface area (Å²) in [7, 11) is 1.67. The van der Waals surface area contributed by atoms with Gasteiger partial charge in [0.05, 0.1) is 17.3 Å². The summed E-state index contributed by atoms with van der Waals surface area (Å²) < 4.78 is 6.38. The van der Waals surface area contributed by atoms with Crippen molar-refractivity contribution in [2.45, 2.75) is 6.92 Å². The van der Waals surface area contributed by atoms with Crippen LogP contribution in [-0.4, -0.2) is 55.7 Å². The van der Waals surface area contributed by atoms with Gasteiger partial charge in [0.1, 0.15) is 5.75 Å². The molecule has 0 aliphatic carbocycles. The maximum absolute atomic E-state index is 11.8. The van der Waals surface area contributed by atoms with Crippen LogP contribution >= 0.6 is 11.3 Å². The van der Waals surface area contributed by atoms with Crippen molar-refractivity contribution in [1.82, 2.24) is 15.2 Å². The Hall–Kier alpha value is -2.02. The van der Waals surface area contributed by atoms with Crippen LogP contribution in [0.4, 0.5) is 9.93 Å². The summed E-state index contributed by atoms with van der Waals surface area (Å²) in [6.07, 6.45) is 0. The molecular weight excluding hydrogens is 300 g/mol. The number of urea groups is 1. The zero-order chi connectivity index (χ0) is 15.5. The van der Waals surface area contributed by atoms with Gasteiger partial charge >= 0.3 is 6.03 Å². The summed E-state index contributed by atoms with van der Waals surface area (Å²) >= 11 is 1.67. The van der Waals surface area contributed by atoms with E-state index >= 15 is 0 Å². The van der Waals surface area contributed by atoms with Crippen molar-refractivity contribution in [3.63, 3.8) is 0 Å². The van der Waals surface area contributed by atoms with Gasteiger partial charge in [-0.25, -0.2) is 9.78 Å². The molecule has 0 radical (unpaired) electrons. The Bertz CT molecular complexity index is 665. The second-order valence-corrected chi connectivity index (χ2v) is 6.15. The first-order valence-corrected chi connectivity index (χ1v) is 8.25. The van der Waals surface area contributed by atoms with Gasteiger partial charge in [0.2, 0.25) is 0 Å². The maximum atomic E-state index is 11.8. The lowest BCUT2D eigenvalue weighted by molar-refractivity contribution is 0.195. The topological polar surface area (TPSA) is 57.7 Å². The van der Waals surface area contributed by atoms with Gasteiger partial charge in [0, 0.05) is 32.7 Å². The molecule has 7 heteroatoms. The van der Waals surface area contributed by atoms with Crippen molar-refractivity contribution in [2.75, 3.05) is 44.7 Å². The molecule has 0 saturated carbocycles. The van der Waals surface area contributed by atoms with Gasteiger partial charge in [-0.15, -0.1) is 0 Å². The van der Waals surface area contributed by atoms with E-state index in [-0.39, 0.29) is 6.03 Å². The molecule has 6 nitrogen and oxygen atoms in total. The molecule has 1 aromatic carbocycles. The number of thiazole rings is 1. The Morgan fingerprint density at radius 2 is 2.14 bits per heavy atom. The summed E-state index contributed by atoms with van der Waals surface area (Å²) in [4.78, 5) is 20.6. The molecule has 1 aromatic heterocycles. The lowest BCUT2D eigenvalue weighted by Crippen LogP contribution is -2.51. The number of ether oxygens (including phenoxy) is 1. The second kappa shape index (κ2) is 6.39. The summed E-state index contributed by atoms with van der Waals surface area (Å²) in [6, 6.07) is 5.95. The molecule has 2 amide bonds. The summed E-state index contributed by atoms with van der Waals surface area (Å²) in [6.45, 7) is 5.68. The number of hydrogen-bond donors (Lipinski definition) is 1. The van der Waals surface area contributed by atoms with Crippen molar-refractivity contribution in [3.8, 4) is 5.75 Å². The standard InChI is InChI=1S/C15H20N4O2S/c1-3-16-14(20)18-6-8-19(9-7-18)15-17-12-5-4-11(21-2)10-13(12)22-15/h4-5,10H,3,6-9H2,1-2H3,(H,16,20). The number of nitrogens with one attached hydrogen (secondary N) is 1. The highest BCUT2D eigenvalue weighted by atomic mass is 32.1. The first kappa shape index (κ1) is 14.9. The summed E-state index contributed by atoms with van der Waals surface area (Å²) in [5.41, 5.74) is 0.993. The van der Waals surface area contributed by atoms with E-state index in [1.165, 1.54) is 0 Å². The van der Waals surface area contributed by atoms with Crippen LogP contribution in [0, 0.1) is 0 Å². The number of hydrogen-bond acceptors (Lipinski definition) is 5. The molecule has 1 fully saturated rings. The molecule has 3 rings (SSSR count). The highest BCUT2D eigenvalue weighted by Gasteiger charge is 2.22. The number of carbonyl (C=O) groups excluding carboxylic acids is 1. The van der Waals surface area contributed by atoms with Gasteiger partial charge < -0.3 is 19.9 Å². The SMILES string of the molecule is CCNC(=O)N1CCN(c2nc3ccc(OC)cc3s2)CC1. The maximum Gasteiger partial charge on any atom is 0.317 e. The fraction of sp³-hybridized carbons (Fsp3) is 0.467. The summed E-state index contributed by atoms with van der Waals surface area (Å²) in [5.74, 6) is 0.851. The van der Waals surface area contributed by atoms with Crippen molar-refractivity contribution >= 4 is 32.7 Å². The highest BCUT2D eigenvalue weighted by molar-refractivity contribution is 7.22. The quantitative estimate of drug-likeness (QED) is 0.941. The minimum atomic E-state index is 0.0242. The highest BCUT2D eigenvalue weighted by Crippen LogP contribution is 2.31. The van der Waals surface area contributed by atoms with E-state index in [0.717, 1.165) is 47.3 Å². The smallest absolute Gasteiger partial charge is 0.317 e. The molecule has 0 bridgehead atoms. The van der Waals surface area contributed by atoms with Crippen LogP contribution in [0.3, 0.4) is 0 Å². The fourth-order valence-electron chi connectivity index (χ4n) is 2.52. The van der Waals surface area contributed by atoms with E-state index in [1.807, 2.05) is 30.0 Å². The number of piperazine rings is 1. The lowest BCUT2D eigenvalue weighted by Gasteiger charge is -2.34. The third-order valence-corrected chi connectivity index (χ3v) is 4.83. The Labute approximate surface area is 133 Å². The molecule has 1 aliphatic heterocycles. The minimum Gasteiger partial charge on any atom is -0.497 e. The van der Waals surface area contributed by atoms with Crippen LogP contribution in [-0.2, 0) is 0 Å². The normalized spacial score (nSPS) is 15.2. The number of fused-ring (bicyclic) bond motifs is 1. The monoisotopic (exact) mass is 320 g/mol. The van der Waals surface area contributed by atoms with Gasteiger partial charge in [0.25, 0.3) is 0 Å². The number of benzene rings is 1. The predicted molar refractivity (Wildman–Crippen MR) is 89.0 cm³/mol. The van der Waals surface area contributed by atoms with Crippen molar-refractivity contribution in [3.05, 3.63) is 18.2 Å². The average Bonchev–Trinajstić information content (AvgIpc) is 2.98. The number of carbonyl (C=O) groups is 1. The van der Waals surface area contributed by atoms with Crippen molar-refractivity contribution in [2.24, 2.45) is 0 Å². The number of methoxy groups -OCH3 is 1. The molecule has 0 unspecified atom stereocenters. The number of amides is 2. The summed E-state index contributed by atoms with van der Waals surface area (Å²) in [5, 5.41) is 3.86. The Kier molecular flexibility index (Phi) is 4.33. The number of rotatable bonds is 3. The van der Waals surface area contributed by atoms with Gasteiger partial charge in [0.15, 0.2) is 5.13 Å². The van der Waals surface area contributed by atoms with Crippen LogP contribution in [0.15, 0.2) is 18.2 Å². The number of anilines is 1. The van der Waals surface area contributed by atoms with Crippen molar-refractivity contribution < 1.29 is 9.53 Å². The molecule has 0 atom stereocenters. The predicted octanol–water partition coefficient (Wildman–Crippen LogP) is 2.16. The largest absolute Gasteiger partial charge is 0.497 e. The van der Waals surface area contributed by atoms with E-state index in [4.69, 9.17) is 4.74 Å². The molecule has 0 spiro atoms. The Morgan fingerprint density at radius 1 is 1.36 bits per heavy atom. The molecule has 1 N–H and O–H groups in total. The van der Waals surface area contributed by atoms with Gasteiger partial charge in [-0.2, -0.15) is 0 Å². The van der Waals surface area contributed by atoms with Crippen LogP contribution in [0.5, 0.6) is 5.75 Å². The molecule has 1 saturated heterocycles. The fourth-order valence-corrected chi connectivity index (χ4v) is 3.56. The van der Waals surface area contributed by atoms with Crippen molar-refractivity contribution in [1.29, 1.82) is 0 Å². The third-order valence-electron chi connectivity index (χ3n) is 3.75. The van der Waals surface area contributed by atoms with E-state index in [2.05, 4.69) is 15.2 Å². The van der Waals surface area contributed by atoms with Gasteiger partial charge in [-0.3, -0.25) is 0 Å². The molecule has 2 heterocycles. The molecule has 118 valence electrons. The van der Waals surface area contributed by atoms with Crippen LogP contribution in [0.25, 0.3) is 10.2 Å². The second-order valence-electron chi connectivity index (χ2n) is 5.14. The first-order valence-electron chi connectivity index (χ1n) is 7.43. The molecule has 22 heavy (non-hydrogen) atoms. The molecular formula is C15H20N4O2S. The number of aromatic nitrogens is 1. The minimum absolute atomic E-state index is 0.0242. The van der Waals surface area contributed by atoms with Crippen LogP contribution < -0.4 is 15.0 Å². The van der Waals surface area contributed by atoms with E-state index in [9.17, 15) is 4.79 Å². The first-order chi connectivity index (χ1) is 10.7. The van der Waals surface area contributed by atoms with Gasteiger partial charge in [-0.05, 0) is 25.1 Å². The zero-order valence-corrected chi connectivity index (χ0v) is 13.7. The van der Waals surface area contributed by atoms with Gasteiger partial charge in [-0.1, -0.05) is 11.3 Å². The Balaban J connectivity index is 1.69. The van der Waals surface area contributed by atoms with Crippen LogP contribution in [0.2, 0.25) is 0 Å². The zero-order valence-electron chi connectivity index (χ0n) is 12.8. The van der Waals surface area contributed by atoms with E-state index in [1.54, 1.807) is 18.4 Å². The lowest BCUT2D eigenvalue weighted by atomic mass is 10.3. The molecule has 1 aliphatic rings. The molecule has 2 aromatic rings. The Morgan fingerprint density at radius 3 is 2.82 bits per heavy atom. The van der Waals surface area contributed by atoms with E-state index in [0.29, 0.717) is 6.54 Å². The third kappa shape index (κ3) is 2.94. The van der Waals surface area contributed by atoms with E-state index < -0.39 is 0 Å².